The summed E-state index contributed by atoms with van der Waals surface area (Å²) in [4.78, 5) is 33.7. The highest BCUT2D eigenvalue weighted by Crippen LogP contribution is 2.14. The van der Waals surface area contributed by atoms with Gasteiger partial charge in [-0.2, -0.15) is 0 Å². The Hall–Kier alpha value is -3.35. The second-order valence-electron chi connectivity index (χ2n) is 7.72. The zero-order chi connectivity index (χ0) is 22.7. The highest BCUT2D eigenvalue weighted by atomic mass is 16.6. The van der Waals surface area contributed by atoms with Crippen molar-refractivity contribution in [2.75, 3.05) is 0 Å². The lowest BCUT2D eigenvalue weighted by Crippen LogP contribution is -2.45. The number of benzene rings is 2. The second-order valence-corrected chi connectivity index (χ2v) is 7.72. The summed E-state index contributed by atoms with van der Waals surface area (Å²) < 4.78 is 5.01. The molecule has 7 heteroatoms. The summed E-state index contributed by atoms with van der Waals surface area (Å²) in [6.07, 6.45) is -0.680. The van der Waals surface area contributed by atoms with E-state index in [1.165, 1.54) is 0 Å². The van der Waals surface area contributed by atoms with E-state index in [2.05, 4.69) is 10.9 Å². The average molecular weight is 415 g/mol. The fraction of sp³-hybridized carbons (Fsp3) is 0.348. The van der Waals surface area contributed by atoms with Gasteiger partial charge in [0.05, 0.1) is 11.8 Å². The number of hydrogen-bond acceptors (Lipinski definition) is 4. The van der Waals surface area contributed by atoms with Crippen LogP contribution in [-0.2, 0) is 14.3 Å². The molecule has 2 atom stereocenters. The zero-order valence-corrected chi connectivity index (χ0v) is 18.0. The predicted molar refractivity (Wildman–Crippen MR) is 115 cm³/mol. The zero-order valence-electron chi connectivity index (χ0n) is 18.0. The molecule has 0 fully saturated rings. The molecule has 0 bridgehead atoms. The van der Waals surface area contributed by atoms with Gasteiger partial charge in [-0.25, -0.2) is 10.2 Å². The summed E-state index contributed by atoms with van der Waals surface area (Å²) in [7, 11) is 0. The lowest BCUT2D eigenvalue weighted by molar-refractivity contribution is -0.138. The van der Waals surface area contributed by atoms with Crippen LogP contribution in [0.4, 0.5) is 4.79 Å². The summed E-state index contributed by atoms with van der Waals surface area (Å²) in [5, 5.41) is 8.64. The highest BCUT2D eigenvalue weighted by molar-refractivity contribution is 5.84. The van der Waals surface area contributed by atoms with Crippen LogP contribution >= 0.6 is 0 Å². The van der Waals surface area contributed by atoms with E-state index in [1.807, 2.05) is 60.7 Å². The number of hydrazine groups is 1. The van der Waals surface area contributed by atoms with E-state index in [1.54, 1.807) is 34.6 Å². The molecule has 0 aliphatic rings. The minimum atomic E-state index is -0.781. The molecule has 2 aromatic rings. The Morgan fingerprint density at radius 1 is 0.800 bits per heavy atom. The van der Waals surface area contributed by atoms with Crippen molar-refractivity contribution < 1.29 is 24.2 Å². The Balaban J connectivity index is 0.000000346. The van der Waals surface area contributed by atoms with Gasteiger partial charge in [0, 0.05) is 0 Å². The number of rotatable bonds is 4. The molecule has 2 amide bonds. The summed E-state index contributed by atoms with van der Waals surface area (Å²) in [6.45, 7) is 8.70. The van der Waals surface area contributed by atoms with E-state index in [0.717, 1.165) is 11.1 Å². The van der Waals surface area contributed by atoms with E-state index in [-0.39, 0.29) is 11.8 Å². The number of hydrogen-bond donors (Lipinski definition) is 3. The molecular weight excluding hydrogens is 384 g/mol. The summed E-state index contributed by atoms with van der Waals surface area (Å²) in [5.74, 6) is -1.83. The maximum atomic E-state index is 11.8. The van der Waals surface area contributed by atoms with E-state index >= 15 is 0 Å². The molecule has 0 saturated heterocycles. The summed E-state index contributed by atoms with van der Waals surface area (Å²) in [6, 6.07) is 18.5. The first-order chi connectivity index (χ1) is 14.0. The molecule has 2 aromatic carbocycles. The molecule has 0 aromatic heterocycles. The van der Waals surface area contributed by atoms with Gasteiger partial charge in [0.25, 0.3) is 0 Å². The number of carboxylic acid groups (broad SMARTS) is 1. The molecule has 0 unspecified atom stereocenters. The van der Waals surface area contributed by atoms with Crippen molar-refractivity contribution in [1.82, 2.24) is 10.9 Å². The van der Waals surface area contributed by atoms with Gasteiger partial charge in [0.1, 0.15) is 5.60 Å². The Morgan fingerprint density at radius 3 is 1.63 bits per heavy atom. The minimum absolute atomic E-state index is 0.294. The number of amides is 2. The lowest BCUT2D eigenvalue weighted by Gasteiger charge is -2.20. The summed E-state index contributed by atoms with van der Waals surface area (Å²) >= 11 is 0. The van der Waals surface area contributed by atoms with Crippen molar-refractivity contribution in [3.8, 4) is 0 Å². The fourth-order valence-corrected chi connectivity index (χ4v) is 2.30. The van der Waals surface area contributed by atoms with Crippen LogP contribution in [0.3, 0.4) is 0 Å². The van der Waals surface area contributed by atoms with Crippen LogP contribution in [0.2, 0.25) is 0 Å². The van der Waals surface area contributed by atoms with Crippen molar-refractivity contribution in [2.24, 2.45) is 0 Å². The largest absolute Gasteiger partial charge is 0.481 e. The van der Waals surface area contributed by atoms with Crippen LogP contribution in [0, 0.1) is 0 Å². The molecule has 0 aliphatic carbocycles. The van der Waals surface area contributed by atoms with Crippen molar-refractivity contribution in [3.05, 3.63) is 71.8 Å². The molecular formula is C23H30N2O5. The SMILES string of the molecule is C[C@H](C(=O)NNC(=O)OC(C)(C)C)c1ccccc1.C[C@H](C(=O)O)c1ccccc1. The monoisotopic (exact) mass is 414 g/mol. The Morgan fingerprint density at radius 2 is 1.23 bits per heavy atom. The predicted octanol–water partition coefficient (Wildman–Crippen LogP) is 4.22. The maximum Gasteiger partial charge on any atom is 0.426 e. The molecule has 0 aliphatic heterocycles. The molecule has 30 heavy (non-hydrogen) atoms. The second kappa shape index (κ2) is 11.6. The number of carboxylic acids is 1. The van der Waals surface area contributed by atoms with Gasteiger partial charge < -0.3 is 9.84 Å². The standard InChI is InChI=1S/C14H20N2O3.C9H10O2/c1-10(11-8-6-5-7-9-11)12(17)15-16-13(18)19-14(2,3)4;1-7(9(10)11)8-5-3-2-4-6-8/h5-10H,1-4H3,(H,15,17)(H,16,18);2-7H,1H3,(H,10,11)/t10-;7-/m00/s1. The number of aliphatic carboxylic acids is 1. The molecule has 0 spiro atoms. The molecule has 0 saturated carbocycles. The van der Waals surface area contributed by atoms with Crippen LogP contribution in [0.25, 0.3) is 0 Å². The third-order valence-electron chi connectivity index (χ3n) is 4.05. The van der Waals surface area contributed by atoms with E-state index in [9.17, 15) is 14.4 Å². The molecule has 0 heterocycles. The van der Waals surface area contributed by atoms with Crippen molar-refractivity contribution >= 4 is 18.0 Å². The number of nitrogens with one attached hydrogen (secondary N) is 2. The number of carbonyl (C=O) groups is 3. The normalized spacial score (nSPS) is 12.4. The Kier molecular flexibility index (Phi) is 9.55. The number of carbonyl (C=O) groups excluding carboxylic acids is 2. The molecule has 162 valence electrons. The smallest absolute Gasteiger partial charge is 0.426 e. The van der Waals surface area contributed by atoms with Crippen LogP contribution in [0.15, 0.2) is 60.7 Å². The Bertz CT molecular complexity index is 816. The lowest BCUT2D eigenvalue weighted by atomic mass is 10.0. The fourth-order valence-electron chi connectivity index (χ4n) is 2.30. The molecule has 7 nitrogen and oxygen atoms in total. The maximum absolute atomic E-state index is 11.8. The van der Waals surface area contributed by atoms with Crippen LogP contribution in [0.5, 0.6) is 0 Å². The molecule has 3 N–H and O–H groups in total. The van der Waals surface area contributed by atoms with Gasteiger partial charge in [0.15, 0.2) is 0 Å². The van der Waals surface area contributed by atoms with Crippen molar-refractivity contribution in [2.45, 2.75) is 52.1 Å². The van der Waals surface area contributed by atoms with E-state index < -0.39 is 23.6 Å². The molecule has 2 rings (SSSR count). The van der Waals surface area contributed by atoms with Gasteiger partial charge in [-0.1, -0.05) is 60.7 Å². The van der Waals surface area contributed by atoms with Gasteiger partial charge in [0.2, 0.25) is 5.91 Å². The van der Waals surface area contributed by atoms with Gasteiger partial charge >= 0.3 is 12.1 Å². The minimum Gasteiger partial charge on any atom is -0.481 e. The van der Waals surface area contributed by atoms with Crippen LogP contribution in [0.1, 0.15) is 57.6 Å². The van der Waals surface area contributed by atoms with Crippen LogP contribution in [-0.4, -0.2) is 28.7 Å². The first-order valence-electron chi connectivity index (χ1n) is 9.62. The van der Waals surface area contributed by atoms with Gasteiger partial charge in [-0.15, -0.1) is 0 Å². The van der Waals surface area contributed by atoms with Crippen LogP contribution < -0.4 is 10.9 Å². The van der Waals surface area contributed by atoms with Gasteiger partial charge in [-0.3, -0.25) is 15.0 Å². The first kappa shape index (κ1) is 24.7. The third kappa shape index (κ3) is 9.23. The van der Waals surface area contributed by atoms with Crippen molar-refractivity contribution in [3.63, 3.8) is 0 Å². The van der Waals surface area contributed by atoms with E-state index in [0.29, 0.717) is 0 Å². The number of ether oxygens (including phenoxy) is 1. The summed E-state index contributed by atoms with van der Waals surface area (Å²) in [5.41, 5.74) is 5.70. The Labute approximate surface area is 177 Å². The highest BCUT2D eigenvalue weighted by Gasteiger charge is 2.19. The average Bonchev–Trinajstić information content (AvgIpc) is 2.71. The van der Waals surface area contributed by atoms with E-state index in [4.69, 9.17) is 9.84 Å². The third-order valence-corrected chi connectivity index (χ3v) is 4.05. The topological polar surface area (TPSA) is 105 Å². The first-order valence-corrected chi connectivity index (χ1v) is 9.62. The van der Waals surface area contributed by atoms with Gasteiger partial charge in [-0.05, 0) is 45.7 Å². The quantitative estimate of drug-likeness (QED) is 0.650. The molecule has 0 radical (unpaired) electrons. The van der Waals surface area contributed by atoms with Crippen molar-refractivity contribution in [1.29, 1.82) is 0 Å².